The molecule has 0 aliphatic carbocycles. The van der Waals surface area contributed by atoms with Gasteiger partial charge in [-0.1, -0.05) is 6.07 Å². The molecule has 3 heterocycles. The highest BCUT2D eigenvalue weighted by atomic mass is 16.1. The van der Waals surface area contributed by atoms with Crippen LogP contribution < -0.4 is 10.2 Å². The Bertz CT molecular complexity index is 938. The minimum Gasteiger partial charge on any atom is -0.353 e. The van der Waals surface area contributed by atoms with E-state index in [1.807, 2.05) is 24.4 Å². The van der Waals surface area contributed by atoms with Gasteiger partial charge in [0.25, 0.3) is 0 Å². The number of hydrogen-bond acceptors (Lipinski definition) is 6. The molecule has 27 heavy (non-hydrogen) atoms. The van der Waals surface area contributed by atoms with E-state index in [0.29, 0.717) is 0 Å². The molecule has 1 saturated heterocycles. The van der Waals surface area contributed by atoms with Crippen LogP contribution in [0.3, 0.4) is 0 Å². The molecule has 2 aromatic heterocycles. The Morgan fingerprint density at radius 1 is 1.11 bits per heavy atom. The molecule has 1 aliphatic heterocycles. The van der Waals surface area contributed by atoms with Crippen LogP contribution in [-0.2, 0) is 11.3 Å². The summed E-state index contributed by atoms with van der Waals surface area (Å²) in [5.41, 5.74) is 2.80. The number of nitrogens with one attached hydrogen (secondary N) is 1. The average molecular weight is 362 g/mol. The van der Waals surface area contributed by atoms with Gasteiger partial charge in [-0.3, -0.25) is 19.7 Å². The fourth-order valence-corrected chi connectivity index (χ4v) is 3.36. The van der Waals surface area contributed by atoms with Crippen LogP contribution >= 0.6 is 0 Å². The van der Waals surface area contributed by atoms with Gasteiger partial charge >= 0.3 is 0 Å². The average Bonchev–Trinajstić information content (AvgIpc) is 2.69. The summed E-state index contributed by atoms with van der Waals surface area (Å²) in [4.78, 5) is 29.2. The summed E-state index contributed by atoms with van der Waals surface area (Å²) in [6.45, 7) is 6.15. The van der Waals surface area contributed by atoms with E-state index in [0.717, 1.165) is 60.8 Å². The van der Waals surface area contributed by atoms with Crippen molar-refractivity contribution in [2.45, 2.75) is 13.5 Å². The summed E-state index contributed by atoms with van der Waals surface area (Å²) in [7, 11) is 0. The molecule has 0 bridgehead atoms. The van der Waals surface area contributed by atoms with Gasteiger partial charge in [-0.25, -0.2) is 4.98 Å². The van der Waals surface area contributed by atoms with Crippen LogP contribution in [0.2, 0.25) is 0 Å². The molecule has 1 aromatic carbocycles. The van der Waals surface area contributed by atoms with E-state index in [9.17, 15) is 4.79 Å². The van der Waals surface area contributed by atoms with Crippen LogP contribution in [-0.4, -0.2) is 51.9 Å². The lowest BCUT2D eigenvalue weighted by atomic mass is 10.1. The number of fused-ring (bicyclic) bond motifs is 1. The number of nitrogens with zero attached hydrogens (tertiary/aromatic N) is 5. The number of hydrogen-bond donors (Lipinski definition) is 1. The van der Waals surface area contributed by atoms with Gasteiger partial charge in [0.15, 0.2) is 0 Å². The quantitative estimate of drug-likeness (QED) is 0.768. The zero-order valence-corrected chi connectivity index (χ0v) is 15.3. The zero-order chi connectivity index (χ0) is 18.6. The standard InChI is InChI=1S/C20H22N6O/c1-15(27)23-17-4-5-19-16(12-17)2-3-18(24-19)14-25-8-10-26(11-9-25)20-13-21-6-7-22-20/h2-7,12-13H,8-11,14H2,1H3,(H,23,27). The number of anilines is 2. The molecule has 7 nitrogen and oxygen atoms in total. The molecule has 7 heteroatoms. The van der Waals surface area contributed by atoms with Gasteiger partial charge in [0.2, 0.25) is 5.91 Å². The fourth-order valence-electron chi connectivity index (χ4n) is 3.36. The van der Waals surface area contributed by atoms with Crippen LogP contribution in [0.5, 0.6) is 0 Å². The van der Waals surface area contributed by atoms with Gasteiger partial charge < -0.3 is 10.2 Å². The second kappa shape index (κ2) is 7.67. The predicted molar refractivity (Wildman–Crippen MR) is 106 cm³/mol. The third-order valence-corrected chi connectivity index (χ3v) is 4.70. The SMILES string of the molecule is CC(=O)Nc1ccc2nc(CN3CCN(c4cnccn4)CC3)ccc2c1. The van der Waals surface area contributed by atoms with Gasteiger partial charge in [-0.15, -0.1) is 0 Å². The van der Waals surface area contributed by atoms with Crippen molar-refractivity contribution in [3.63, 3.8) is 0 Å². The zero-order valence-electron chi connectivity index (χ0n) is 15.3. The first kappa shape index (κ1) is 17.4. The molecule has 1 amide bonds. The van der Waals surface area contributed by atoms with Crippen molar-refractivity contribution < 1.29 is 4.79 Å². The minimum absolute atomic E-state index is 0.0699. The van der Waals surface area contributed by atoms with Crippen molar-refractivity contribution in [1.82, 2.24) is 19.9 Å². The maximum atomic E-state index is 11.2. The molecular formula is C20H22N6O. The first-order valence-electron chi connectivity index (χ1n) is 9.08. The molecule has 0 atom stereocenters. The van der Waals surface area contributed by atoms with Gasteiger partial charge in [0, 0.05) is 63.1 Å². The maximum absolute atomic E-state index is 11.2. The number of amides is 1. The van der Waals surface area contributed by atoms with E-state index in [1.54, 1.807) is 12.4 Å². The topological polar surface area (TPSA) is 74.2 Å². The third kappa shape index (κ3) is 4.20. The van der Waals surface area contributed by atoms with Crippen LogP contribution in [0.25, 0.3) is 10.9 Å². The lowest BCUT2D eigenvalue weighted by Crippen LogP contribution is -2.46. The molecule has 0 radical (unpaired) electrons. The van der Waals surface area contributed by atoms with E-state index in [2.05, 4.69) is 37.2 Å². The summed E-state index contributed by atoms with van der Waals surface area (Å²) in [6.07, 6.45) is 5.25. The Labute approximate surface area is 158 Å². The van der Waals surface area contributed by atoms with Crippen LogP contribution in [0, 0.1) is 0 Å². The Balaban J connectivity index is 1.40. The summed E-state index contributed by atoms with van der Waals surface area (Å²) in [6, 6.07) is 9.93. The highest BCUT2D eigenvalue weighted by molar-refractivity contribution is 5.92. The van der Waals surface area contributed by atoms with Crippen molar-refractivity contribution in [3.8, 4) is 0 Å². The first-order valence-corrected chi connectivity index (χ1v) is 9.08. The molecule has 3 aromatic rings. The summed E-state index contributed by atoms with van der Waals surface area (Å²) in [5.74, 6) is 0.871. The van der Waals surface area contributed by atoms with Crippen molar-refractivity contribution >= 4 is 28.3 Å². The number of pyridine rings is 1. The molecule has 1 fully saturated rings. The monoisotopic (exact) mass is 362 g/mol. The van der Waals surface area contributed by atoms with Crippen LogP contribution in [0.1, 0.15) is 12.6 Å². The van der Waals surface area contributed by atoms with E-state index < -0.39 is 0 Å². The van der Waals surface area contributed by atoms with E-state index >= 15 is 0 Å². The number of piperazine rings is 1. The predicted octanol–water partition coefficient (Wildman–Crippen LogP) is 2.31. The molecule has 0 saturated carbocycles. The van der Waals surface area contributed by atoms with Crippen LogP contribution in [0.4, 0.5) is 11.5 Å². The molecule has 138 valence electrons. The van der Waals surface area contributed by atoms with E-state index in [-0.39, 0.29) is 5.91 Å². The van der Waals surface area contributed by atoms with E-state index in [1.165, 1.54) is 6.92 Å². The Morgan fingerprint density at radius 2 is 1.96 bits per heavy atom. The Kier molecular flexibility index (Phi) is 4.93. The normalized spacial score (nSPS) is 15.1. The lowest BCUT2D eigenvalue weighted by molar-refractivity contribution is -0.114. The number of carbonyl (C=O) groups is 1. The van der Waals surface area contributed by atoms with E-state index in [4.69, 9.17) is 4.98 Å². The number of benzene rings is 1. The molecule has 1 N–H and O–H groups in total. The summed E-state index contributed by atoms with van der Waals surface area (Å²) >= 11 is 0. The van der Waals surface area contributed by atoms with Gasteiger partial charge in [0.1, 0.15) is 5.82 Å². The summed E-state index contributed by atoms with van der Waals surface area (Å²) < 4.78 is 0. The molecule has 4 rings (SSSR count). The van der Waals surface area contributed by atoms with Gasteiger partial charge in [0.05, 0.1) is 17.4 Å². The largest absolute Gasteiger partial charge is 0.353 e. The number of aromatic nitrogens is 3. The lowest BCUT2D eigenvalue weighted by Gasteiger charge is -2.35. The number of carbonyl (C=O) groups excluding carboxylic acids is 1. The highest BCUT2D eigenvalue weighted by Crippen LogP contribution is 2.19. The number of rotatable bonds is 4. The van der Waals surface area contributed by atoms with Crippen molar-refractivity contribution in [2.24, 2.45) is 0 Å². The Hall–Kier alpha value is -3.06. The van der Waals surface area contributed by atoms with Gasteiger partial charge in [-0.2, -0.15) is 0 Å². The molecule has 1 aliphatic rings. The second-order valence-electron chi connectivity index (χ2n) is 6.72. The third-order valence-electron chi connectivity index (χ3n) is 4.70. The molecule has 0 spiro atoms. The van der Waals surface area contributed by atoms with Crippen molar-refractivity contribution in [3.05, 3.63) is 54.6 Å². The first-order chi connectivity index (χ1) is 13.2. The van der Waals surface area contributed by atoms with Gasteiger partial charge in [-0.05, 0) is 24.3 Å². The highest BCUT2D eigenvalue weighted by Gasteiger charge is 2.18. The smallest absolute Gasteiger partial charge is 0.221 e. The maximum Gasteiger partial charge on any atom is 0.221 e. The molecule has 0 unspecified atom stereocenters. The van der Waals surface area contributed by atoms with Crippen LogP contribution in [0.15, 0.2) is 48.9 Å². The summed E-state index contributed by atoms with van der Waals surface area (Å²) in [5, 5.41) is 3.83. The van der Waals surface area contributed by atoms with Crippen molar-refractivity contribution in [2.75, 3.05) is 36.4 Å². The fraction of sp³-hybridized carbons (Fsp3) is 0.300. The minimum atomic E-state index is -0.0699. The molecular weight excluding hydrogens is 340 g/mol. The van der Waals surface area contributed by atoms with Crippen molar-refractivity contribution in [1.29, 1.82) is 0 Å². The Morgan fingerprint density at radius 3 is 2.70 bits per heavy atom. The second-order valence-corrected chi connectivity index (χ2v) is 6.72.